The average molecular weight is 286 g/mol. The molecule has 0 aliphatic rings. The van der Waals surface area contributed by atoms with Crippen LogP contribution in [0.15, 0.2) is 0 Å². The first kappa shape index (κ1) is 14.5. The van der Waals surface area contributed by atoms with Crippen LogP contribution in [-0.4, -0.2) is 40.9 Å². The first-order valence-electron chi connectivity index (χ1n) is 4.60. The van der Waals surface area contributed by atoms with Gasteiger partial charge >= 0.3 is 6.43 Å². The van der Waals surface area contributed by atoms with Gasteiger partial charge in [0.25, 0.3) is 5.91 Å². The van der Waals surface area contributed by atoms with E-state index in [9.17, 15) is 18.4 Å². The molecule has 0 rings (SSSR count). The Labute approximate surface area is 95.9 Å². The first-order valence-corrected chi connectivity index (χ1v) is 5.72. The molecule has 0 aliphatic carbocycles. The van der Waals surface area contributed by atoms with Crippen LogP contribution in [0.3, 0.4) is 0 Å². The fourth-order valence-electron chi connectivity index (χ4n) is 1.03. The molecule has 0 bridgehead atoms. The highest BCUT2D eigenvalue weighted by molar-refractivity contribution is 9.09. The standard InChI is InChI=1S/C9H14BrF2NO2/c1-3-6(2)13(5-7(14)4-10)9(15)8(11)12/h6,8H,3-5H2,1-2H3. The fraction of sp³-hybridized carbons (Fsp3) is 0.778. The third kappa shape index (κ3) is 4.68. The summed E-state index contributed by atoms with van der Waals surface area (Å²) in [6.45, 7) is 3.15. The molecular formula is C9H14BrF2NO2. The normalized spacial score (nSPS) is 12.7. The summed E-state index contributed by atoms with van der Waals surface area (Å²) in [5.41, 5.74) is 0. The maximum absolute atomic E-state index is 12.2. The van der Waals surface area contributed by atoms with Gasteiger partial charge in [0.2, 0.25) is 0 Å². The number of alkyl halides is 3. The Bertz CT molecular complexity index is 236. The number of hydrogen-bond donors (Lipinski definition) is 0. The minimum Gasteiger partial charge on any atom is -0.328 e. The number of amides is 1. The van der Waals surface area contributed by atoms with Gasteiger partial charge in [-0.05, 0) is 13.3 Å². The summed E-state index contributed by atoms with van der Waals surface area (Å²) in [5.74, 6) is -1.57. The number of nitrogens with zero attached hydrogens (tertiary/aromatic N) is 1. The fourth-order valence-corrected chi connectivity index (χ4v) is 1.21. The van der Waals surface area contributed by atoms with E-state index in [0.717, 1.165) is 4.90 Å². The summed E-state index contributed by atoms with van der Waals surface area (Å²) < 4.78 is 24.4. The smallest absolute Gasteiger partial charge is 0.315 e. The van der Waals surface area contributed by atoms with Crippen molar-refractivity contribution in [3.8, 4) is 0 Å². The lowest BCUT2D eigenvalue weighted by molar-refractivity contribution is -0.147. The summed E-state index contributed by atoms with van der Waals surface area (Å²) in [6.07, 6.45) is -2.52. The second-order valence-electron chi connectivity index (χ2n) is 3.20. The topological polar surface area (TPSA) is 37.4 Å². The summed E-state index contributed by atoms with van der Waals surface area (Å²) in [6, 6.07) is -0.352. The number of rotatable bonds is 6. The molecule has 0 aromatic rings. The van der Waals surface area contributed by atoms with Crippen LogP contribution >= 0.6 is 15.9 Å². The predicted molar refractivity (Wildman–Crippen MR) is 56.3 cm³/mol. The zero-order valence-corrected chi connectivity index (χ0v) is 10.3. The number of carbonyl (C=O) groups excluding carboxylic acids is 2. The van der Waals surface area contributed by atoms with E-state index < -0.39 is 12.3 Å². The minimum absolute atomic E-state index is 0.0659. The van der Waals surface area contributed by atoms with Gasteiger partial charge in [0, 0.05) is 6.04 Å². The van der Waals surface area contributed by atoms with Gasteiger partial charge < -0.3 is 4.90 Å². The van der Waals surface area contributed by atoms with Gasteiger partial charge in [-0.2, -0.15) is 8.78 Å². The van der Waals surface area contributed by atoms with E-state index in [1.807, 2.05) is 0 Å². The molecule has 0 heterocycles. The molecular weight excluding hydrogens is 272 g/mol. The predicted octanol–water partition coefficient (Wildman–Crippen LogP) is 1.84. The summed E-state index contributed by atoms with van der Waals surface area (Å²) in [5, 5.41) is 0.0659. The zero-order chi connectivity index (χ0) is 12.0. The van der Waals surface area contributed by atoms with Crippen LogP contribution < -0.4 is 0 Å². The van der Waals surface area contributed by atoms with Crippen LogP contribution in [0, 0.1) is 0 Å². The molecule has 0 fully saturated rings. The molecule has 15 heavy (non-hydrogen) atoms. The van der Waals surface area contributed by atoms with Gasteiger partial charge in [0.15, 0.2) is 5.78 Å². The van der Waals surface area contributed by atoms with Crippen molar-refractivity contribution in [1.82, 2.24) is 4.90 Å². The van der Waals surface area contributed by atoms with Gasteiger partial charge in [0.1, 0.15) is 0 Å². The third-order valence-electron chi connectivity index (χ3n) is 2.09. The second-order valence-corrected chi connectivity index (χ2v) is 3.76. The molecule has 0 N–H and O–H groups in total. The second kappa shape index (κ2) is 6.87. The molecule has 88 valence electrons. The summed E-state index contributed by atoms with van der Waals surface area (Å²) in [4.78, 5) is 23.1. The van der Waals surface area contributed by atoms with Gasteiger partial charge in [0.05, 0.1) is 11.9 Å². The lowest BCUT2D eigenvalue weighted by Crippen LogP contribution is -2.45. The Balaban J connectivity index is 4.58. The van der Waals surface area contributed by atoms with Crippen molar-refractivity contribution in [2.45, 2.75) is 32.7 Å². The number of halogens is 3. The van der Waals surface area contributed by atoms with E-state index in [1.165, 1.54) is 0 Å². The van der Waals surface area contributed by atoms with Crippen LogP contribution in [0.4, 0.5) is 8.78 Å². The lowest BCUT2D eigenvalue weighted by atomic mass is 10.2. The van der Waals surface area contributed by atoms with Crippen LogP contribution in [0.25, 0.3) is 0 Å². The largest absolute Gasteiger partial charge is 0.328 e. The van der Waals surface area contributed by atoms with Crippen molar-refractivity contribution in [2.75, 3.05) is 11.9 Å². The molecule has 3 nitrogen and oxygen atoms in total. The Kier molecular flexibility index (Phi) is 6.63. The molecule has 0 saturated heterocycles. The highest BCUT2D eigenvalue weighted by Gasteiger charge is 2.27. The molecule has 0 radical (unpaired) electrons. The molecule has 0 saturated carbocycles. The van der Waals surface area contributed by atoms with Gasteiger partial charge in [-0.25, -0.2) is 0 Å². The third-order valence-corrected chi connectivity index (χ3v) is 2.71. The Hall–Kier alpha value is -0.520. The van der Waals surface area contributed by atoms with E-state index in [2.05, 4.69) is 15.9 Å². The number of Topliss-reactive ketones (excluding diaryl/α,β-unsaturated/α-hetero) is 1. The monoisotopic (exact) mass is 285 g/mol. The molecule has 1 unspecified atom stereocenters. The number of ketones is 1. The van der Waals surface area contributed by atoms with Crippen molar-refractivity contribution < 1.29 is 18.4 Å². The van der Waals surface area contributed by atoms with Crippen molar-refractivity contribution in [3.63, 3.8) is 0 Å². The molecule has 0 spiro atoms. The quantitative estimate of drug-likeness (QED) is 0.699. The van der Waals surface area contributed by atoms with Gasteiger partial charge in [-0.15, -0.1) is 0 Å². The lowest BCUT2D eigenvalue weighted by Gasteiger charge is -2.27. The van der Waals surface area contributed by atoms with Crippen molar-refractivity contribution >= 4 is 27.6 Å². The van der Waals surface area contributed by atoms with E-state index in [0.29, 0.717) is 6.42 Å². The summed E-state index contributed by atoms with van der Waals surface area (Å²) >= 11 is 2.93. The van der Waals surface area contributed by atoms with Crippen LogP contribution in [-0.2, 0) is 9.59 Å². The van der Waals surface area contributed by atoms with E-state index in [-0.39, 0.29) is 23.7 Å². The van der Waals surface area contributed by atoms with E-state index in [4.69, 9.17) is 0 Å². The maximum Gasteiger partial charge on any atom is 0.315 e. The molecule has 0 aliphatic heterocycles. The number of hydrogen-bond acceptors (Lipinski definition) is 2. The van der Waals surface area contributed by atoms with Crippen molar-refractivity contribution in [1.29, 1.82) is 0 Å². The maximum atomic E-state index is 12.2. The van der Waals surface area contributed by atoms with Gasteiger partial charge in [-0.3, -0.25) is 9.59 Å². The summed E-state index contributed by atoms with van der Waals surface area (Å²) in [7, 11) is 0. The molecule has 1 amide bonds. The van der Waals surface area contributed by atoms with Gasteiger partial charge in [-0.1, -0.05) is 22.9 Å². The highest BCUT2D eigenvalue weighted by atomic mass is 79.9. The van der Waals surface area contributed by atoms with Crippen LogP contribution in [0.5, 0.6) is 0 Å². The number of carbonyl (C=O) groups is 2. The van der Waals surface area contributed by atoms with E-state index >= 15 is 0 Å². The Morgan fingerprint density at radius 1 is 1.40 bits per heavy atom. The van der Waals surface area contributed by atoms with Crippen molar-refractivity contribution in [3.05, 3.63) is 0 Å². The van der Waals surface area contributed by atoms with Crippen molar-refractivity contribution in [2.24, 2.45) is 0 Å². The molecule has 0 aromatic carbocycles. The molecule has 6 heteroatoms. The first-order chi connectivity index (χ1) is 6.93. The Morgan fingerprint density at radius 2 is 1.93 bits per heavy atom. The van der Waals surface area contributed by atoms with E-state index in [1.54, 1.807) is 13.8 Å². The minimum atomic E-state index is -3.05. The average Bonchev–Trinajstić information content (AvgIpc) is 2.23. The Morgan fingerprint density at radius 3 is 2.27 bits per heavy atom. The SMILES string of the molecule is CCC(C)N(CC(=O)CBr)C(=O)C(F)F. The zero-order valence-electron chi connectivity index (χ0n) is 8.67. The van der Waals surface area contributed by atoms with Crippen LogP contribution in [0.1, 0.15) is 20.3 Å². The highest BCUT2D eigenvalue weighted by Crippen LogP contribution is 2.09. The molecule has 1 atom stereocenters. The van der Waals surface area contributed by atoms with Crippen LogP contribution in [0.2, 0.25) is 0 Å². The molecule has 0 aromatic heterocycles.